The predicted octanol–water partition coefficient (Wildman–Crippen LogP) is 4.62. The van der Waals surface area contributed by atoms with Crippen molar-refractivity contribution in [2.45, 2.75) is 37.6 Å². The van der Waals surface area contributed by atoms with E-state index in [1.165, 1.54) is 40.4 Å². The lowest BCUT2D eigenvalue weighted by molar-refractivity contribution is -0.113. The van der Waals surface area contributed by atoms with Crippen molar-refractivity contribution in [3.63, 3.8) is 0 Å². The summed E-state index contributed by atoms with van der Waals surface area (Å²) in [7, 11) is 1.61. The monoisotopic (exact) mass is 399 g/mol. The van der Waals surface area contributed by atoms with Gasteiger partial charge in [-0.25, -0.2) is 9.97 Å². The largest absolute Gasteiger partial charge is 0.497 e. The molecule has 0 radical (unpaired) electrons. The fourth-order valence-electron chi connectivity index (χ4n) is 3.36. The molecule has 4 rings (SSSR count). The van der Waals surface area contributed by atoms with E-state index in [9.17, 15) is 4.79 Å². The van der Waals surface area contributed by atoms with Gasteiger partial charge < -0.3 is 10.1 Å². The van der Waals surface area contributed by atoms with Crippen LogP contribution in [0.4, 0.5) is 5.69 Å². The van der Waals surface area contributed by atoms with Gasteiger partial charge >= 0.3 is 0 Å². The van der Waals surface area contributed by atoms with Gasteiger partial charge in [-0.15, -0.1) is 11.3 Å². The molecule has 140 valence electrons. The number of thioether (sulfide) groups is 1. The summed E-state index contributed by atoms with van der Waals surface area (Å²) in [5.74, 6) is 1.74. The van der Waals surface area contributed by atoms with Crippen LogP contribution >= 0.6 is 23.1 Å². The van der Waals surface area contributed by atoms with Crippen molar-refractivity contribution in [1.82, 2.24) is 9.97 Å². The normalized spacial score (nSPS) is 13.4. The first-order valence-electron chi connectivity index (χ1n) is 8.99. The summed E-state index contributed by atoms with van der Waals surface area (Å²) in [4.78, 5) is 24.2. The van der Waals surface area contributed by atoms with E-state index in [1.807, 2.05) is 31.2 Å². The van der Waals surface area contributed by atoms with Gasteiger partial charge in [0, 0.05) is 22.0 Å². The SMILES string of the molecule is COc1cccc(NC(=O)CSc2nc(C)nc3sc4c(c23)CCCC4)c1. The number of fused-ring (bicyclic) bond motifs is 3. The van der Waals surface area contributed by atoms with Gasteiger partial charge in [-0.05, 0) is 50.3 Å². The molecular formula is C20H21N3O2S2. The third-order valence-corrected chi connectivity index (χ3v) is 6.75. The molecular weight excluding hydrogens is 378 g/mol. The molecule has 5 nitrogen and oxygen atoms in total. The average molecular weight is 400 g/mol. The number of aryl methyl sites for hydroxylation is 3. The molecule has 1 aliphatic rings. The van der Waals surface area contributed by atoms with Crippen molar-refractivity contribution < 1.29 is 9.53 Å². The van der Waals surface area contributed by atoms with Gasteiger partial charge in [0.2, 0.25) is 5.91 Å². The molecule has 0 fully saturated rings. The maximum Gasteiger partial charge on any atom is 0.234 e. The second kappa shape index (κ2) is 7.86. The van der Waals surface area contributed by atoms with E-state index < -0.39 is 0 Å². The number of nitrogens with one attached hydrogen (secondary N) is 1. The highest BCUT2D eigenvalue weighted by molar-refractivity contribution is 8.00. The first-order valence-corrected chi connectivity index (χ1v) is 10.8. The summed E-state index contributed by atoms with van der Waals surface area (Å²) in [5.41, 5.74) is 2.13. The molecule has 0 atom stereocenters. The van der Waals surface area contributed by atoms with Gasteiger partial charge in [-0.3, -0.25) is 4.79 Å². The second-order valence-corrected chi connectivity index (χ2v) is 8.58. The number of hydrogen-bond acceptors (Lipinski definition) is 6. The zero-order valence-electron chi connectivity index (χ0n) is 15.4. The van der Waals surface area contributed by atoms with Crippen molar-refractivity contribution in [2.24, 2.45) is 0 Å². The molecule has 2 heterocycles. The van der Waals surface area contributed by atoms with Gasteiger partial charge in [0.1, 0.15) is 21.4 Å². The number of methoxy groups -OCH3 is 1. The Morgan fingerprint density at radius 1 is 1.30 bits per heavy atom. The number of anilines is 1. The molecule has 7 heteroatoms. The Labute approximate surface area is 166 Å². The van der Waals surface area contributed by atoms with Gasteiger partial charge in [-0.2, -0.15) is 0 Å². The average Bonchev–Trinajstić information content (AvgIpc) is 3.04. The molecule has 0 bridgehead atoms. The fourth-order valence-corrected chi connectivity index (χ4v) is 5.63. The van der Waals surface area contributed by atoms with Crippen LogP contribution in [0.2, 0.25) is 0 Å². The van der Waals surface area contributed by atoms with Crippen LogP contribution in [0, 0.1) is 6.92 Å². The topological polar surface area (TPSA) is 64.1 Å². The van der Waals surface area contributed by atoms with Gasteiger partial charge in [0.15, 0.2) is 0 Å². The molecule has 2 aromatic heterocycles. The third-order valence-electron chi connectivity index (χ3n) is 4.59. The first kappa shape index (κ1) is 18.3. The van der Waals surface area contributed by atoms with Crippen LogP contribution in [0.15, 0.2) is 29.3 Å². The van der Waals surface area contributed by atoms with E-state index in [0.29, 0.717) is 5.75 Å². The van der Waals surface area contributed by atoms with Crippen LogP contribution in [-0.2, 0) is 17.6 Å². The number of rotatable bonds is 5. The van der Waals surface area contributed by atoms with E-state index in [2.05, 4.69) is 15.3 Å². The molecule has 0 saturated carbocycles. The fraction of sp³-hybridized carbons (Fsp3) is 0.350. The standard InChI is InChI=1S/C20H21N3O2S2/c1-12-21-19(18-15-8-3-4-9-16(15)27-20(18)22-12)26-11-17(24)23-13-6-5-7-14(10-13)25-2/h5-7,10H,3-4,8-9,11H2,1-2H3,(H,23,24). The van der Waals surface area contributed by atoms with Gasteiger partial charge in [0.25, 0.3) is 0 Å². The van der Waals surface area contributed by atoms with E-state index in [1.54, 1.807) is 18.4 Å². The summed E-state index contributed by atoms with van der Waals surface area (Å²) >= 11 is 3.28. The second-order valence-electron chi connectivity index (χ2n) is 6.54. The van der Waals surface area contributed by atoms with Gasteiger partial charge in [0.05, 0.1) is 12.9 Å². The Morgan fingerprint density at radius 3 is 3.00 bits per heavy atom. The van der Waals surface area contributed by atoms with Crippen LogP contribution in [0.1, 0.15) is 29.1 Å². The summed E-state index contributed by atoms with van der Waals surface area (Å²) in [5, 5.41) is 5.02. The number of nitrogens with zero attached hydrogens (tertiary/aromatic N) is 2. The minimum absolute atomic E-state index is 0.0539. The Kier molecular flexibility index (Phi) is 5.31. The highest BCUT2D eigenvalue weighted by atomic mass is 32.2. The third kappa shape index (κ3) is 3.94. The number of thiophene rings is 1. The molecule has 1 aromatic carbocycles. The lowest BCUT2D eigenvalue weighted by atomic mass is 9.97. The molecule has 0 unspecified atom stereocenters. The number of carbonyl (C=O) groups is 1. The van der Waals surface area contributed by atoms with E-state index in [4.69, 9.17) is 4.74 Å². The number of aromatic nitrogens is 2. The quantitative estimate of drug-likeness (QED) is 0.501. The van der Waals surface area contributed by atoms with Crippen molar-refractivity contribution in [3.05, 3.63) is 40.5 Å². The van der Waals surface area contributed by atoms with Crippen LogP contribution in [0.25, 0.3) is 10.2 Å². The summed E-state index contributed by atoms with van der Waals surface area (Å²) in [6.07, 6.45) is 4.69. The van der Waals surface area contributed by atoms with E-state index in [0.717, 1.165) is 40.0 Å². The summed E-state index contributed by atoms with van der Waals surface area (Å²) in [6.45, 7) is 1.92. The molecule has 0 saturated heterocycles. The van der Waals surface area contributed by atoms with Crippen LogP contribution in [0.3, 0.4) is 0 Å². The van der Waals surface area contributed by atoms with Crippen molar-refractivity contribution in [1.29, 1.82) is 0 Å². The van der Waals surface area contributed by atoms with Gasteiger partial charge in [-0.1, -0.05) is 17.8 Å². The van der Waals surface area contributed by atoms with E-state index in [-0.39, 0.29) is 5.91 Å². The zero-order valence-corrected chi connectivity index (χ0v) is 17.0. The lowest BCUT2D eigenvalue weighted by Gasteiger charge is -2.12. The maximum absolute atomic E-state index is 12.4. The van der Waals surface area contributed by atoms with Crippen LogP contribution < -0.4 is 10.1 Å². The van der Waals surface area contributed by atoms with Crippen molar-refractivity contribution in [3.8, 4) is 5.75 Å². The Balaban J connectivity index is 1.53. The first-order chi connectivity index (χ1) is 13.1. The van der Waals surface area contributed by atoms with Crippen LogP contribution in [0.5, 0.6) is 5.75 Å². The molecule has 27 heavy (non-hydrogen) atoms. The predicted molar refractivity (Wildman–Crippen MR) is 111 cm³/mol. The number of benzene rings is 1. The molecule has 0 spiro atoms. The van der Waals surface area contributed by atoms with Crippen molar-refractivity contribution >= 4 is 44.9 Å². The van der Waals surface area contributed by atoms with Crippen molar-refractivity contribution in [2.75, 3.05) is 18.2 Å². The number of hydrogen-bond donors (Lipinski definition) is 1. The molecule has 1 N–H and O–H groups in total. The summed E-state index contributed by atoms with van der Waals surface area (Å²) < 4.78 is 5.20. The van der Waals surface area contributed by atoms with Crippen LogP contribution in [-0.4, -0.2) is 28.7 Å². The highest BCUT2D eigenvalue weighted by Gasteiger charge is 2.21. The smallest absolute Gasteiger partial charge is 0.234 e. The molecule has 1 aliphatic carbocycles. The Hall–Kier alpha value is -2.12. The minimum atomic E-state index is -0.0539. The molecule has 3 aromatic rings. The highest BCUT2D eigenvalue weighted by Crippen LogP contribution is 2.39. The number of amides is 1. The number of carbonyl (C=O) groups excluding carboxylic acids is 1. The lowest BCUT2D eigenvalue weighted by Crippen LogP contribution is -2.14. The Bertz CT molecular complexity index is 1000. The minimum Gasteiger partial charge on any atom is -0.497 e. The summed E-state index contributed by atoms with van der Waals surface area (Å²) in [6, 6.07) is 7.37. The number of ether oxygens (including phenoxy) is 1. The molecule has 1 amide bonds. The maximum atomic E-state index is 12.4. The molecule has 0 aliphatic heterocycles. The zero-order chi connectivity index (χ0) is 18.8. The van der Waals surface area contributed by atoms with E-state index >= 15 is 0 Å². The Morgan fingerprint density at radius 2 is 2.15 bits per heavy atom.